The van der Waals surface area contributed by atoms with Crippen molar-refractivity contribution in [1.82, 2.24) is 58.5 Å². The van der Waals surface area contributed by atoms with E-state index in [0.29, 0.717) is 49.5 Å². The number of rotatable bonds is 48. The molecule has 2 aromatic carbocycles. The fraction of sp³-hybridized carbons (Fsp3) is 0.578. The Balaban J connectivity index is 2.51. The number of nitrogens with one attached hydrogen (secondary N) is 11. The molecule has 0 heterocycles. The highest BCUT2D eigenvalue weighted by Crippen LogP contribution is 2.15. The van der Waals surface area contributed by atoms with Crippen molar-refractivity contribution in [1.29, 1.82) is 0 Å². The Kier molecular flexibility index (Phi) is 38.1. The molecule has 0 saturated carbocycles. The quantitative estimate of drug-likeness (QED) is 0.0289. The van der Waals surface area contributed by atoms with Gasteiger partial charge in [-0.25, -0.2) is 4.79 Å². The van der Waals surface area contributed by atoms with E-state index in [1.165, 1.54) is 24.3 Å². The van der Waals surface area contributed by atoms with E-state index in [9.17, 15) is 97.5 Å². The number of aromatic hydroxyl groups is 1. The maximum absolute atomic E-state index is 14.6. The van der Waals surface area contributed by atoms with Crippen molar-refractivity contribution in [2.24, 2.45) is 0 Å². The van der Waals surface area contributed by atoms with Gasteiger partial charge in [0.05, 0.1) is 12.6 Å². The Morgan fingerprint density at radius 1 is 0.442 bits per heavy atom. The summed E-state index contributed by atoms with van der Waals surface area (Å²) in [6, 6.07) is -2.64. The molecule has 526 valence electrons. The number of carboxylic acid groups (broad SMARTS) is 3. The molecule has 0 aliphatic carbocycles. The van der Waals surface area contributed by atoms with E-state index in [-0.39, 0.29) is 50.8 Å². The van der Waals surface area contributed by atoms with Crippen LogP contribution in [0.25, 0.3) is 0 Å². The third-order valence-electron chi connectivity index (χ3n) is 14.9. The Morgan fingerprint density at radius 3 is 1.27 bits per heavy atom. The van der Waals surface area contributed by atoms with E-state index in [2.05, 4.69) is 58.5 Å². The first-order valence-electron chi connectivity index (χ1n) is 31.8. The van der Waals surface area contributed by atoms with E-state index in [1.54, 1.807) is 37.4 Å². The monoisotopic (exact) mass is 1340 g/mol. The zero-order valence-electron chi connectivity index (χ0n) is 54.6. The number of aldehydes is 1. The highest BCUT2D eigenvalue weighted by atomic mass is 16.4. The molecule has 2 rings (SSSR count). The van der Waals surface area contributed by atoms with Gasteiger partial charge in [0.25, 0.3) is 0 Å². The van der Waals surface area contributed by atoms with Crippen LogP contribution in [-0.4, -0.2) is 195 Å². The normalized spacial score (nSPS) is 14.4. The highest BCUT2D eigenvalue weighted by Gasteiger charge is 2.38. The Bertz CT molecular complexity index is 2900. The molecule has 95 heavy (non-hydrogen) atoms. The van der Waals surface area contributed by atoms with Crippen LogP contribution in [0.4, 0.5) is 0 Å². The molecule has 0 radical (unpaired) electrons. The number of phenols is 1. The number of aliphatic hydroxyl groups excluding tert-OH is 1. The minimum atomic E-state index is -1.96. The minimum Gasteiger partial charge on any atom is -0.508 e. The molecule has 31 nitrogen and oxygen atoms in total. The van der Waals surface area contributed by atoms with Crippen molar-refractivity contribution >= 4 is 89.0 Å². The van der Waals surface area contributed by atoms with Crippen molar-refractivity contribution in [2.45, 2.75) is 223 Å². The number of hydrogen-bond donors (Lipinski definition) is 16. The summed E-state index contributed by atoms with van der Waals surface area (Å²) < 4.78 is 0. The van der Waals surface area contributed by atoms with Crippen molar-refractivity contribution in [3.63, 3.8) is 0 Å². The number of unbranched alkanes of at least 4 members (excludes halogenated alkanes) is 5. The van der Waals surface area contributed by atoms with Crippen LogP contribution < -0.4 is 58.5 Å². The summed E-state index contributed by atoms with van der Waals surface area (Å²) in [5, 5.41) is 76.8. The van der Waals surface area contributed by atoms with Crippen LogP contribution in [0.3, 0.4) is 0 Å². The lowest BCUT2D eigenvalue weighted by Crippen LogP contribution is -2.62. The lowest BCUT2D eigenvalue weighted by molar-refractivity contribution is -0.143. The van der Waals surface area contributed by atoms with Crippen LogP contribution in [0.5, 0.6) is 5.75 Å². The van der Waals surface area contributed by atoms with Gasteiger partial charge < -0.3 is 88.8 Å². The maximum Gasteiger partial charge on any atom is 0.326 e. The third-order valence-corrected chi connectivity index (χ3v) is 14.9. The van der Waals surface area contributed by atoms with E-state index in [0.717, 1.165) is 26.7 Å². The van der Waals surface area contributed by atoms with Crippen molar-refractivity contribution < 1.29 is 97.5 Å². The number of carboxylic acids is 3. The molecule has 0 fully saturated rings. The second kappa shape index (κ2) is 44.3. The van der Waals surface area contributed by atoms with Gasteiger partial charge in [0.1, 0.15) is 78.2 Å². The number of aliphatic carboxylic acids is 3. The number of amides is 10. The Morgan fingerprint density at radius 2 is 0.821 bits per heavy atom. The molecule has 0 bridgehead atoms. The first-order valence-corrected chi connectivity index (χ1v) is 31.8. The van der Waals surface area contributed by atoms with E-state index < -0.39 is 188 Å². The largest absolute Gasteiger partial charge is 0.508 e. The average molecular weight is 1340 g/mol. The molecule has 2 aromatic rings. The van der Waals surface area contributed by atoms with Crippen LogP contribution in [0.2, 0.25) is 0 Å². The number of hydrogen-bond acceptors (Lipinski definition) is 18. The SMILES string of the molecule is CCCCCC(NC(=O)CNC)C(=O)NC(CCCC)C(=O)NC(CC=O)C(=O)NC(CC(C)=O)C(=O)NC(Cc1ccccc1)C(=O)NC(CCCCC)C(=O)NC(C(=O)NC(CCC(=O)O)C(=O)NC(CCC(=O)O)C(=O)NC(Cc1ccc(O)cc1)C(=O)O)C(C)O. The first-order chi connectivity index (χ1) is 45.1. The molecule has 16 N–H and O–H groups in total. The minimum absolute atomic E-state index is 0.0845. The van der Waals surface area contributed by atoms with Crippen molar-refractivity contribution in [3.8, 4) is 5.75 Å². The van der Waals surface area contributed by atoms with Crippen LogP contribution in [0.1, 0.15) is 155 Å². The maximum atomic E-state index is 14.6. The molecule has 0 spiro atoms. The summed E-state index contributed by atoms with van der Waals surface area (Å²) in [4.78, 5) is 200. The number of likely N-dealkylation sites (N-methyl/N-ethyl adjacent to an activating group) is 1. The summed E-state index contributed by atoms with van der Waals surface area (Å²) in [7, 11) is 1.55. The van der Waals surface area contributed by atoms with Gasteiger partial charge in [-0.3, -0.25) is 62.3 Å². The summed E-state index contributed by atoms with van der Waals surface area (Å²) in [5.74, 6) is -15.2. The van der Waals surface area contributed by atoms with E-state index in [4.69, 9.17) is 0 Å². The lowest BCUT2D eigenvalue weighted by atomic mass is 10.0. The van der Waals surface area contributed by atoms with Crippen LogP contribution in [0, 0.1) is 0 Å². The molecule has 0 aliphatic heterocycles. The van der Waals surface area contributed by atoms with Gasteiger partial charge in [-0.15, -0.1) is 0 Å². The predicted molar refractivity (Wildman–Crippen MR) is 342 cm³/mol. The molecule has 11 atom stereocenters. The summed E-state index contributed by atoms with van der Waals surface area (Å²) >= 11 is 0. The summed E-state index contributed by atoms with van der Waals surface area (Å²) in [6.45, 7) is 7.74. The van der Waals surface area contributed by atoms with E-state index in [1.807, 2.05) is 20.8 Å². The number of carbonyl (C=O) groups excluding carboxylic acids is 12. The second-order valence-electron chi connectivity index (χ2n) is 23.1. The number of ketones is 1. The van der Waals surface area contributed by atoms with Gasteiger partial charge in [0.2, 0.25) is 59.1 Å². The number of carbonyl (C=O) groups is 15. The highest BCUT2D eigenvalue weighted by molar-refractivity contribution is 6.00. The van der Waals surface area contributed by atoms with Crippen LogP contribution in [-0.2, 0) is 84.8 Å². The fourth-order valence-electron chi connectivity index (χ4n) is 9.67. The Labute approximate surface area is 551 Å². The molecular formula is C64H95N11O20. The number of Topliss-reactive ketones (excluding diaryl/α,β-unsaturated/α-hetero) is 1. The number of benzene rings is 2. The van der Waals surface area contributed by atoms with Gasteiger partial charge in [-0.2, -0.15) is 0 Å². The number of phenolic OH excluding ortho intramolecular Hbond substituents is 1. The smallest absolute Gasteiger partial charge is 0.326 e. The van der Waals surface area contributed by atoms with Gasteiger partial charge in [0, 0.05) is 38.5 Å². The van der Waals surface area contributed by atoms with Gasteiger partial charge in [0.15, 0.2) is 0 Å². The first kappa shape index (κ1) is 81.7. The van der Waals surface area contributed by atoms with Crippen LogP contribution in [0.15, 0.2) is 54.6 Å². The molecule has 0 saturated heterocycles. The molecular weight excluding hydrogens is 1240 g/mol. The molecule has 31 heteroatoms. The van der Waals surface area contributed by atoms with Crippen molar-refractivity contribution in [3.05, 3.63) is 65.7 Å². The predicted octanol–water partition coefficient (Wildman–Crippen LogP) is -0.641. The average Bonchev–Trinajstić information content (AvgIpc) is 0.932. The van der Waals surface area contributed by atoms with Gasteiger partial charge in [-0.1, -0.05) is 115 Å². The Hall–Kier alpha value is -9.39. The lowest BCUT2D eigenvalue weighted by Gasteiger charge is -2.29. The van der Waals surface area contributed by atoms with Crippen molar-refractivity contribution in [2.75, 3.05) is 13.6 Å². The fourth-order valence-corrected chi connectivity index (χ4v) is 9.67. The van der Waals surface area contributed by atoms with Crippen LogP contribution >= 0.6 is 0 Å². The zero-order valence-corrected chi connectivity index (χ0v) is 54.6. The summed E-state index contributed by atoms with van der Waals surface area (Å²) in [6.07, 6.45) is -1.42. The standard InChI is InChI=1S/C64H95N11O20/c1-7-10-14-21-42(66-51(80)36-65-6)55(85)67-43(20-12-9-3)56(86)70-47(31-32-76)59(89)72-48(33-37(4)77)61(91)73-49(34-39-18-16-13-17-19-39)62(92)68-44(22-15-11-8-2)60(90)75-54(38(5)78)63(93)71-46(28-30-53(83)84)57(87)69-45(27-29-52(81)82)58(88)74-50(64(94)95)35-40-23-25-41(79)26-24-40/h13,16-19,23-26,32,38,42-50,54,65,78-79H,7-12,14-15,20-22,27-31,33-36H2,1-6H3,(H,66,80)(H,67,85)(H,68,92)(H,69,87)(H,70,86)(H,71,93)(H,72,89)(H,73,91)(H,74,88)(H,75,90)(H,81,82)(H,83,84)(H,94,95). The van der Waals surface area contributed by atoms with E-state index >= 15 is 0 Å². The third kappa shape index (κ3) is 31.9. The number of aliphatic hydroxyl groups is 1. The topological polar surface area (TPSA) is 490 Å². The second-order valence-corrected chi connectivity index (χ2v) is 23.1. The molecule has 10 amide bonds. The van der Waals surface area contributed by atoms with Gasteiger partial charge >= 0.3 is 17.9 Å². The van der Waals surface area contributed by atoms with Gasteiger partial charge in [-0.05, 0) is 76.3 Å². The molecule has 11 unspecified atom stereocenters. The summed E-state index contributed by atoms with van der Waals surface area (Å²) in [5.41, 5.74) is 0.823. The molecule has 0 aromatic heterocycles. The zero-order chi connectivity index (χ0) is 71.2. The molecule has 0 aliphatic rings.